The van der Waals surface area contributed by atoms with Crippen LogP contribution in [0.5, 0.6) is 0 Å². The standard InChI is InChI=1S/C14H23N3O2/c15-11(16-19)14(5-6-14)12(18)17-9-7-13(8-10-17)3-1-2-4-13/h19H,1-10H2,(H2,15,16). The van der Waals surface area contributed by atoms with Gasteiger partial charge in [0.15, 0.2) is 5.84 Å². The third-order valence-electron chi connectivity index (χ3n) is 5.53. The second-order valence-electron chi connectivity index (χ2n) is 6.57. The molecule has 3 N–H and O–H groups in total. The molecule has 106 valence electrons. The predicted octanol–water partition coefficient (Wildman–Crippen LogP) is 1.70. The van der Waals surface area contributed by atoms with Crippen molar-refractivity contribution in [1.29, 1.82) is 0 Å². The van der Waals surface area contributed by atoms with Crippen molar-refractivity contribution in [2.45, 2.75) is 51.4 Å². The number of rotatable bonds is 2. The molecule has 0 aromatic carbocycles. The molecule has 3 rings (SSSR count). The first-order valence-electron chi connectivity index (χ1n) is 7.39. The van der Waals surface area contributed by atoms with E-state index >= 15 is 0 Å². The lowest BCUT2D eigenvalue weighted by atomic mass is 9.77. The fourth-order valence-corrected chi connectivity index (χ4v) is 3.91. The first-order chi connectivity index (χ1) is 9.12. The van der Waals surface area contributed by atoms with Gasteiger partial charge >= 0.3 is 0 Å². The summed E-state index contributed by atoms with van der Waals surface area (Å²) in [6, 6.07) is 0. The molecule has 1 aliphatic heterocycles. The molecular formula is C14H23N3O2. The highest BCUT2D eigenvalue weighted by Crippen LogP contribution is 2.50. The van der Waals surface area contributed by atoms with Crippen LogP contribution in [0.2, 0.25) is 0 Å². The molecule has 0 bridgehead atoms. The van der Waals surface area contributed by atoms with Gasteiger partial charge in [0.25, 0.3) is 0 Å². The lowest BCUT2D eigenvalue weighted by Crippen LogP contribution is -2.48. The average molecular weight is 265 g/mol. The molecule has 0 radical (unpaired) electrons. The molecule has 19 heavy (non-hydrogen) atoms. The maximum atomic E-state index is 12.5. The summed E-state index contributed by atoms with van der Waals surface area (Å²) >= 11 is 0. The largest absolute Gasteiger partial charge is 0.409 e. The summed E-state index contributed by atoms with van der Waals surface area (Å²) < 4.78 is 0. The Morgan fingerprint density at radius 1 is 1.05 bits per heavy atom. The monoisotopic (exact) mass is 265 g/mol. The van der Waals surface area contributed by atoms with Crippen LogP contribution >= 0.6 is 0 Å². The molecular weight excluding hydrogens is 242 g/mol. The number of nitrogens with two attached hydrogens (primary N) is 1. The van der Waals surface area contributed by atoms with Crippen LogP contribution in [0.1, 0.15) is 51.4 Å². The Labute approximate surface area is 113 Å². The average Bonchev–Trinajstić information content (AvgIpc) is 3.15. The number of carbonyl (C=O) groups excluding carboxylic acids is 1. The van der Waals surface area contributed by atoms with E-state index in [0.717, 1.165) is 38.8 Å². The highest BCUT2D eigenvalue weighted by Gasteiger charge is 2.56. The van der Waals surface area contributed by atoms with E-state index in [9.17, 15) is 4.79 Å². The van der Waals surface area contributed by atoms with Crippen LogP contribution in [0, 0.1) is 10.8 Å². The molecule has 3 aliphatic rings. The lowest BCUT2D eigenvalue weighted by molar-refractivity contribution is -0.136. The van der Waals surface area contributed by atoms with Crippen molar-refractivity contribution in [2.75, 3.05) is 13.1 Å². The Morgan fingerprint density at radius 3 is 2.11 bits per heavy atom. The minimum Gasteiger partial charge on any atom is -0.409 e. The first-order valence-corrected chi connectivity index (χ1v) is 7.39. The van der Waals surface area contributed by atoms with Crippen LogP contribution in [0.4, 0.5) is 0 Å². The van der Waals surface area contributed by atoms with E-state index in [1.807, 2.05) is 4.90 Å². The van der Waals surface area contributed by atoms with Crippen LogP contribution in [-0.4, -0.2) is 34.9 Å². The van der Waals surface area contributed by atoms with Gasteiger partial charge in [-0.3, -0.25) is 4.79 Å². The van der Waals surface area contributed by atoms with Crippen LogP contribution < -0.4 is 5.73 Å². The number of piperidine rings is 1. The summed E-state index contributed by atoms with van der Waals surface area (Å²) in [7, 11) is 0. The van der Waals surface area contributed by atoms with Crippen molar-refractivity contribution in [2.24, 2.45) is 21.7 Å². The zero-order valence-corrected chi connectivity index (χ0v) is 11.4. The lowest BCUT2D eigenvalue weighted by Gasteiger charge is -2.40. The molecule has 1 heterocycles. The summed E-state index contributed by atoms with van der Waals surface area (Å²) in [4.78, 5) is 14.5. The normalized spacial score (nSPS) is 28.6. The fourth-order valence-electron chi connectivity index (χ4n) is 3.91. The van der Waals surface area contributed by atoms with E-state index in [-0.39, 0.29) is 11.7 Å². The van der Waals surface area contributed by atoms with E-state index in [0.29, 0.717) is 5.41 Å². The van der Waals surface area contributed by atoms with Crippen molar-refractivity contribution in [3.8, 4) is 0 Å². The maximum absolute atomic E-state index is 12.5. The van der Waals surface area contributed by atoms with Gasteiger partial charge in [-0.05, 0) is 43.9 Å². The van der Waals surface area contributed by atoms with Crippen LogP contribution in [-0.2, 0) is 4.79 Å². The number of amidine groups is 1. The first kappa shape index (κ1) is 12.8. The topological polar surface area (TPSA) is 78.9 Å². The van der Waals surface area contributed by atoms with Crippen molar-refractivity contribution in [3.05, 3.63) is 0 Å². The molecule has 1 spiro atoms. The number of hydrogen-bond acceptors (Lipinski definition) is 3. The zero-order valence-electron chi connectivity index (χ0n) is 11.4. The zero-order chi connectivity index (χ0) is 13.5. The molecule has 0 unspecified atom stereocenters. The van der Waals surface area contributed by atoms with Crippen LogP contribution in [0.15, 0.2) is 5.16 Å². The molecule has 1 amide bonds. The van der Waals surface area contributed by atoms with Crippen molar-refractivity contribution >= 4 is 11.7 Å². The predicted molar refractivity (Wildman–Crippen MR) is 71.8 cm³/mol. The molecule has 0 aromatic rings. The van der Waals surface area contributed by atoms with Gasteiger partial charge in [-0.2, -0.15) is 0 Å². The summed E-state index contributed by atoms with van der Waals surface area (Å²) in [5, 5.41) is 11.9. The Hall–Kier alpha value is -1.26. The number of oxime groups is 1. The van der Waals surface area contributed by atoms with Crippen LogP contribution in [0.25, 0.3) is 0 Å². The molecule has 2 saturated carbocycles. The minimum atomic E-state index is -0.672. The molecule has 5 heteroatoms. The fraction of sp³-hybridized carbons (Fsp3) is 0.857. The van der Waals surface area contributed by atoms with E-state index in [1.54, 1.807) is 0 Å². The summed E-state index contributed by atoms with van der Waals surface area (Å²) in [6.45, 7) is 1.69. The van der Waals surface area contributed by atoms with Gasteiger partial charge in [0.2, 0.25) is 5.91 Å². The second kappa shape index (κ2) is 4.39. The number of amides is 1. The Kier molecular flexibility index (Phi) is 2.95. The molecule has 3 fully saturated rings. The van der Waals surface area contributed by atoms with Gasteiger partial charge in [0.05, 0.1) is 0 Å². The van der Waals surface area contributed by atoms with Gasteiger partial charge in [-0.25, -0.2) is 0 Å². The van der Waals surface area contributed by atoms with Gasteiger partial charge < -0.3 is 15.8 Å². The smallest absolute Gasteiger partial charge is 0.236 e. The quantitative estimate of drug-likeness (QED) is 0.345. The number of likely N-dealkylation sites (tertiary alicyclic amines) is 1. The number of hydrogen-bond donors (Lipinski definition) is 2. The second-order valence-corrected chi connectivity index (χ2v) is 6.57. The summed E-state index contributed by atoms with van der Waals surface area (Å²) in [5.41, 5.74) is 5.54. The van der Waals surface area contributed by atoms with Crippen LogP contribution in [0.3, 0.4) is 0 Å². The molecule has 1 saturated heterocycles. The van der Waals surface area contributed by atoms with Crippen molar-refractivity contribution in [1.82, 2.24) is 4.90 Å². The van der Waals surface area contributed by atoms with E-state index in [2.05, 4.69) is 5.16 Å². The van der Waals surface area contributed by atoms with E-state index < -0.39 is 5.41 Å². The van der Waals surface area contributed by atoms with E-state index in [1.165, 1.54) is 25.7 Å². The van der Waals surface area contributed by atoms with E-state index in [4.69, 9.17) is 10.9 Å². The number of nitrogens with zero attached hydrogens (tertiary/aromatic N) is 2. The molecule has 0 aromatic heterocycles. The van der Waals surface area contributed by atoms with Crippen molar-refractivity contribution < 1.29 is 10.0 Å². The Morgan fingerprint density at radius 2 is 1.63 bits per heavy atom. The molecule has 2 aliphatic carbocycles. The molecule has 5 nitrogen and oxygen atoms in total. The third-order valence-corrected chi connectivity index (χ3v) is 5.53. The third kappa shape index (κ3) is 1.99. The highest BCUT2D eigenvalue weighted by atomic mass is 16.4. The SMILES string of the molecule is NC(=NO)C1(C(=O)N2CCC3(CCCC3)CC2)CC1. The Bertz CT molecular complexity index is 399. The van der Waals surface area contributed by atoms with Gasteiger partial charge in [0, 0.05) is 13.1 Å². The minimum absolute atomic E-state index is 0.0793. The highest BCUT2D eigenvalue weighted by molar-refractivity contribution is 6.09. The summed E-state index contributed by atoms with van der Waals surface area (Å²) in [5.74, 6) is 0.175. The van der Waals surface area contributed by atoms with Gasteiger partial charge in [-0.15, -0.1) is 0 Å². The Balaban J connectivity index is 1.64. The van der Waals surface area contributed by atoms with Gasteiger partial charge in [0.1, 0.15) is 5.41 Å². The molecule has 0 atom stereocenters. The van der Waals surface area contributed by atoms with Gasteiger partial charge in [-0.1, -0.05) is 18.0 Å². The number of carbonyl (C=O) groups is 1. The summed E-state index contributed by atoms with van der Waals surface area (Å²) in [6.07, 6.45) is 9.08. The van der Waals surface area contributed by atoms with Crippen molar-refractivity contribution in [3.63, 3.8) is 0 Å². The maximum Gasteiger partial charge on any atom is 0.236 e.